The van der Waals surface area contributed by atoms with E-state index < -0.39 is 11.7 Å². The van der Waals surface area contributed by atoms with E-state index in [2.05, 4.69) is 48.9 Å². The molecule has 6 rings (SSSR count). The number of anilines is 3. The highest BCUT2D eigenvalue weighted by Gasteiger charge is 2.34. The molecule has 2 aliphatic rings. The number of hydrogen-bond acceptors (Lipinski definition) is 6. The van der Waals surface area contributed by atoms with Gasteiger partial charge in [0.25, 0.3) is 0 Å². The summed E-state index contributed by atoms with van der Waals surface area (Å²) in [5.74, 6) is 0.601. The van der Waals surface area contributed by atoms with Gasteiger partial charge in [0.2, 0.25) is 5.95 Å². The molecule has 2 aromatic heterocycles. The molecular formula is C33H35F3N6. The van der Waals surface area contributed by atoms with Crippen molar-refractivity contribution in [1.29, 1.82) is 0 Å². The summed E-state index contributed by atoms with van der Waals surface area (Å²) in [6.45, 7) is 2.65. The van der Waals surface area contributed by atoms with Crippen LogP contribution in [0.2, 0.25) is 0 Å². The van der Waals surface area contributed by atoms with Gasteiger partial charge in [0.05, 0.1) is 11.3 Å². The maximum absolute atomic E-state index is 13.1. The molecular weight excluding hydrogens is 537 g/mol. The molecule has 1 saturated heterocycles. The van der Waals surface area contributed by atoms with E-state index >= 15 is 0 Å². The summed E-state index contributed by atoms with van der Waals surface area (Å²) in [4.78, 5) is 20.7. The number of halogens is 3. The number of pyridine rings is 1. The van der Waals surface area contributed by atoms with E-state index in [1.165, 1.54) is 37.8 Å². The van der Waals surface area contributed by atoms with Gasteiger partial charge in [0.15, 0.2) is 0 Å². The van der Waals surface area contributed by atoms with E-state index in [9.17, 15) is 13.2 Å². The van der Waals surface area contributed by atoms with E-state index in [4.69, 9.17) is 4.98 Å². The number of alkyl halides is 3. The minimum Gasteiger partial charge on any atom is -0.345 e. The molecule has 0 radical (unpaired) electrons. The number of rotatable bonds is 8. The molecule has 0 bridgehead atoms. The quantitative estimate of drug-likeness (QED) is 0.220. The molecule has 1 saturated carbocycles. The summed E-state index contributed by atoms with van der Waals surface area (Å²) in [7, 11) is 2.04. The van der Waals surface area contributed by atoms with Crippen LogP contribution in [0.25, 0.3) is 11.3 Å². The van der Waals surface area contributed by atoms with E-state index in [0.717, 1.165) is 48.6 Å². The first-order chi connectivity index (χ1) is 20.3. The molecule has 2 aromatic carbocycles. The lowest BCUT2D eigenvalue weighted by Crippen LogP contribution is -2.40. The van der Waals surface area contributed by atoms with Crippen molar-refractivity contribution in [1.82, 2.24) is 19.9 Å². The van der Waals surface area contributed by atoms with Gasteiger partial charge in [0.1, 0.15) is 0 Å². The van der Waals surface area contributed by atoms with Gasteiger partial charge in [0, 0.05) is 74.3 Å². The predicted octanol–water partition coefficient (Wildman–Crippen LogP) is 7.35. The van der Waals surface area contributed by atoms with Gasteiger partial charge in [-0.1, -0.05) is 37.1 Å². The average molecular weight is 573 g/mol. The third kappa shape index (κ3) is 6.26. The number of benzene rings is 2. The Kier molecular flexibility index (Phi) is 8.11. The Bertz CT molecular complexity index is 1450. The predicted molar refractivity (Wildman–Crippen MR) is 160 cm³/mol. The van der Waals surface area contributed by atoms with Gasteiger partial charge in [-0.05, 0) is 67.3 Å². The molecule has 0 amide bonds. The van der Waals surface area contributed by atoms with Crippen molar-refractivity contribution in [3.8, 4) is 11.3 Å². The number of hydrogen-bond donors (Lipinski definition) is 0. The second-order valence-electron chi connectivity index (χ2n) is 11.3. The van der Waals surface area contributed by atoms with Crippen LogP contribution in [0.3, 0.4) is 0 Å². The van der Waals surface area contributed by atoms with Crippen molar-refractivity contribution < 1.29 is 13.2 Å². The largest absolute Gasteiger partial charge is 0.416 e. The molecule has 0 spiro atoms. The molecule has 0 unspecified atom stereocenters. The zero-order valence-corrected chi connectivity index (χ0v) is 23.7. The summed E-state index contributed by atoms with van der Waals surface area (Å²) in [6, 6.07) is 20.3. The molecule has 3 heterocycles. The summed E-state index contributed by atoms with van der Waals surface area (Å²) >= 11 is 0. The van der Waals surface area contributed by atoms with E-state index in [-0.39, 0.29) is 6.04 Å². The first kappa shape index (κ1) is 28.2. The average Bonchev–Trinajstić information content (AvgIpc) is 3.73. The third-order valence-corrected chi connectivity index (χ3v) is 8.61. The Morgan fingerprint density at radius 3 is 2.21 bits per heavy atom. The molecule has 1 atom stereocenters. The highest BCUT2D eigenvalue weighted by Crippen LogP contribution is 2.33. The summed E-state index contributed by atoms with van der Waals surface area (Å²) in [5, 5.41) is 0. The zero-order valence-electron chi connectivity index (χ0n) is 23.7. The van der Waals surface area contributed by atoms with Crippen LogP contribution in [0.4, 0.5) is 30.5 Å². The van der Waals surface area contributed by atoms with Crippen LogP contribution in [-0.4, -0.2) is 52.1 Å². The van der Waals surface area contributed by atoms with Crippen LogP contribution in [-0.2, 0) is 12.7 Å². The van der Waals surface area contributed by atoms with Gasteiger partial charge >= 0.3 is 6.18 Å². The number of nitrogens with zero attached hydrogens (tertiary/aromatic N) is 6. The topological polar surface area (TPSA) is 48.4 Å². The smallest absolute Gasteiger partial charge is 0.345 e. The first-order valence-electron chi connectivity index (χ1n) is 14.6. The van der Waals surface area contributed by atoms with Gasteiger partial charge in [-0.2, -0.15) is 13.2 Å². The molecule has 218 valence electrons. The van der Waals surface area contributed by atoms with Gasteiger partial charge in [-0.3, -0.25) is 9.88 Å². The van der Waals surface area contributed by atoms with Crippen LogP contribution >= 0.6 is 0 Å². The Morgan fingerprint density at radius 1 is 0.833 bits per heavy atom. The van der Waals surface area contributed by atoms with E-state index in [1.807, 2.05) is 19.2 Å². The Hall–Kier alpha value is -3.98. The first-order valence-corrected chi connectivity index (χ1v) is 14.6. The minimum absolute atomic E-state index is 0.243. The van der Waals surface area contributed by atoms with Crippen molar-refractivity contribution in [2.45, 2.75) is 56.9 Å². The lowest BCUT2D eigenvalue weighted by atomic mass is 10.1. The SMILES string of the molecule is CN(c1ccncc1)c1ccc(CN(c2nccc(-c3ccc(C(F)(F)F)cc3)n2)[C@H]2CCN(C3CCCC3)C2)cc1. The van der Waals surface area contributed by atoms with E-state index in [1.54, 1.807) is 24.7 Å². The maximum Gasteiger partial charge on any atom is 0.416 e. The van der Waals surface area contributed by atoms with Crippen molar-refractivity contribution in [2.24, 2.45) is 0 Å². The third-order valence-electron chi connectivity index (χ3n) is 8.61. The van der Waals surface area contributed by atoms with Gasteiger partial charge < -0.3 is 9.80 Å². The normalized spacial score (nSPS) is 18.0. The van der Waals surface area contributed by atoms with Crippen molar-refractivity contribution >= 4 is 17.3 Å². The number of aromatic nitrogens is 3. The maximum atomic E-state index is 13.1. The lowest BCUT2D eigenvalue weighted by molar-refractivity contribution is -0.137. The zero-order chi connectivity index (χ0) is 29.1. The molecule has 0 N–H and O–H groups in total. The fourth-order valence-electron chi connectivity index (χ4n) is 6.20. The van der Waals surface area contributed by atoms with Crippen LogP contribution in [0, 0.1) is 0 Å². The lowest BCUT2D eigenvalue weighted by Gasteiger charge is -2.31. The molecule has 9 heteroatoms. The fourth-order valence-corrected chi connectivity index (χ4v) is 6.20. The molecule has 42 heavy (non-hydrogen) atoms. The highest BCUT2D eigenvalue weighted by atomic mass is 19.4. The van der Waals surface area contributed by atoms with Crippen molar-refractivity contribution in [3.05, 3.63) is 96.4 Å². The molecule has 1 aliphatic carbocycles. The van der Waals surface area contributed by atoms with E-state index in [0.29, 0.717) is 29.8 Å². The molecule has 4 aromatic rings. The van der Waals surface area contributed by atoms with Crippen LogP contribution in [0.15, 0.2) is 85.3 Å². The molecule has 1 aliphatic heterocycles. The molecule has 2 fully saturated rings. The standard InChI is InChI=1S/C33H35F3N6/c1-40(28-14-18-37-19-15-28)27-12-6-24(7-13-27)22-42(30-17-21-41(23-30)29-4-2-3-5-29)32-38-20-16-31(39-32)25-8-10-26(11-9-25)33(34,35)36/h6-16,18-20,29-30H,2-5,17,21-23H2,1H3/t30-/m0/s1. The second kappa shape index (κ2) is 12.1. The van der Waals surface area contributed by atoms with Gasteiger partial charge in [-0.25, -0.2) is 9.97 Å². The van der Waals surface area contributed by atoms with Crippen LogP contribution < -0.4 is 9.80 Å². The summed E-state index contributed by atoms with van der Waals surface area (Å²) in [5.41, 5.74) is 3.85. The summed E-state index contributed by atoms with van der Waals surface area (Å²) < 4.78 is 39.4. The Labute approximate surface area is 244 Å². The monoisotopic (exact) mass is 572 g/mol. The highest BCUT2D eigenvalue weighted by molar-refractivity contribution is 5.63. The number of likely N-dealkylation sites (tertiary alicyclic amines) is 1. The van der Waals surface area contributed by atoms with Crippen LogP contribution in [0.1, 0.15) is 43.2 Å². The fraction of sp³-hybridized carbons (Fsp3) is 0.364. The Morgan fingerprint density at radius 2 is 1.52 bits per heavy atom. The second-order valence-corrected chi connectivity index (χ2v) is 11.3. The van der Waals surface area contributed by atoms with Crippen LogP contribution in [0.5, 0.6) is 0 Å². The van der Waals surface area contributed by atoms with Crippen molar-refractivity contribution in [2.75, 3.05) is 29.9 Å². The molecule has 6 nitrogen and oxygen atoms in total. The van der Waals surface area contributed by atoms with Gasteiger partial charge in [-0.15, -0.1) is 0 Å². The summed E-state index contributed by atoms with van der Waals surface area (Å²) in [6.07, 6.45) is 7.05. The minimum atomic E-state index is -4.37. The van der Waals surface area contributed by atoms with Crippen molar-refractivity contribution in [3.63, 3.8) is 0 Å². The Balaban J connectivity index is 1.26.